The van der Waals surface area contributed by atoms with E-state index in [9.17, 15) is 4.79 Å². The van der Waals surface area contributed by atoms with E-state index in [4.69, 9.17) is 19.9 Å². The number of methoxy groups -OCH3 is 2. The molecule has 30 heavy (non-hydrogen) atoms. The van der Waals surface area contributed by atoms with Crippen molar-refractivity contribution in [1.82, 2.24) is 14.9 Å². The predicted octanol–water partition coefficient (Wildman–Crippen LogP) is 2.66. The van der Waals surface area contributed by atoms with Gasteiger partial charge in [0.1, 0.15) is 17.3 Å². The van der Waals surface area contributed by atoms with E-state index in [0.717, 1.165) is 11.4 Å². The Balaban J connectivity index is 1.77. The van der Waals surface area contributed by atoms with Crippen molar-refractivity contribution in [2.45, 2.75) is 13.0 Å². The van der Waals surface area contributed by atoms with E-state index in [1.165, 1.54) is 0 Å². The summed E-state index contributed by atoms with van der Waals surface area (Å²) in [6, 6.07) is 10.5. The summed E-state index contributed by atoms with van der Waals surface area (Å²) in [6.45, 7) is 0.716. The molecule has 3 rings (SSSR count). The van der Waals surface area contributed by atoms with Crippen LogP contribution >= 0.6 is 0 Å². The number of nitrogens with two attached hydrogens (primary N) is 1. The fraction of sp³-hybridized carbons (Fsp3) is 0.273. The number of nitrogens with one attached hydrogen (secondary N) is 1. The maximum absolute atomic E-state index is 12.6. The largest absolute Gasteiger partial charge is 0.496 e. The summed E-state index contributed by atoms with van der Waals surface area (Å²) >= 11 is 0. The van der Waals surface area contributed by atoms with Crippen LogP contribution in [0.1, 0.15) is 21.7 Å². The summed E-state index contributed by atoms with van der Waals surface area (Å²) in [5.41, 5.74) is 7.06. The normalized spacial score (nSPS) is 10.5. The Morgan fingerprint density at radius 2 is 1.87 bits per heavy atom. The number of nitrogens with zero attached hydrogens (tertiary/aromatic N) is 2. The van der Waals surface area contributed by atoms with E-state index in [2.05, 4.69) is 10.3 Å². The van der Waals surface area contributed by atoms with Crippen molar-refractivity contribution < 1.29 is 19.0 Å². The maximum Gasteiger partial charge on any atom is 0.251 e. The number of amides is 1. The molecular weight excluding hydrogens is 384 g/mol. The fourth-order valence-corrected chi connectivity index (χ4v) is 3.08. The van der Waals surface area contributed by atoms with Crippen molar-refractivity contribution in [2.24, 2.45) is 12.8 Å². The molecule has 158 valence electrons. The van der Waals surface area contributed by atoms with Crippen molar-refractivity contribution in [3.8, 4) is 23.0 Å². The zero-order chi connectivity index (χ0) is 21.5. The Hall–Kier alpha value is -3.52. The standard InChI is InChI=1S/C22H26N4O4/c1-26-12-11-24-21(26)9-10-25-22(27)15-7-8-19(29-3)20(13-15)30-18-6-4-5-17(28-2)16(18)14-23/h4-8,11-13H,9-10,14,23H2,1-3H3,(H,25,27). The minimum Gasteiger partial charge on any atom is -0.496 e. The van der Waals surface area contributed by atoms with Gasteiger partial charge in [0, 0.05) is 44.5 Å². The second-order valence-electron chi connectivity index (χ2n) is 6.57. The SMILES string of the molecule is COc1ccc(C(=O)NCCc2nccn2C)cc1Oc1cccc(OC)c1CN. The van der Waals surface area contributed by atoms with Gasteiger partial charge in [-0.1, -0.05) is 6.07 Å². The van der Waals surface area contributed by atoms with Crippen molar-refractivity contribution in [3.05, 3.63) is 65.7 Å². The first-order valence-corrected chi connectivity index (χ1v) is 9.53. The molecule has 1 aromatic heterocycles. The minimum absolute atomic E-state index is 0.207. The zero-order valence-electron chi connectivity index (χ0n) is 17.3. The van der Waals surface area contributed by atoms with Gasteiger partial charge >= 0.3 is 0 Å². The molecule has 0 aliphatic carbocycles. The summed E-state index contributed by atoms with van der Waals surface area (Å²) in [5.74, 6) is 2.80. The monoisotopic (exact) mass is 410 g/mol. The fourth-order valence-electron chi connectivity index (χ4n) is 3.08. The quantitative estimate of drug-likeness (QED) is 0.563. The first-order valence-electron chi connectivity index (χ1n) is 9.53. The van der Waals surface area contributed by atoms with Crippen LogP contribution in [-0.2, 0) is 20.0 Å². The molecule has 1 heterocycles. The van der Waals surface area contributed by atoms with Crippen LogP contribution in [0.5, 0.6) is 23.0 Å². The molecule has 8 heteroatoms. The number of benzene rings is 2. The van der Waals surface area contributed by atoms with Crippen LogP contribution in [0.3, 0.4) is 0 Å². The van der Waals surface area contributed by atoms with Gasteiger partial charge in [-0.25, -0.2) is 4.98 Å². The van der Waals surface area contributed by atoms with Crippen molar-refractivity contribution in [3.63, 3.8) is 0 Å². The van der Waals surface area contributed by atoms with Crippen LogP contribution in [0.2, 0.25) is 0 Å². The second kappa shape index (κ2) is 9.80. The lowest BCUT2D eigenvalue weighted by molar-refractivity contribution is 0.0953. The highest BCUT2D eigenvalue weighted by molar-refractivity contribution is 5.94. The summed E-state index contributed by atoms with van der Waals surface area (Å²) < 4.78 is 18.7. The van der Waals surface area contributed by atoms with E-state index < -0.39 is 0 Å². The lowest BCUT2D eigenvalue weighted by Gasteiger charge is -2.16. The number of rotatable bonds is 9. The van der Waals surface area contributed by atoms with Crippen LogP contribution in [0.4, 0.5) is 0 Å². The highest BCUT2D eigenvalue weighted by atomic mass is 16.5. The van der Waals surface area contributed by atoms with Gasteiger partial charge in [0.25, 0.3) is 5.91 Å². The summed E-state index contributed by atoms with van der Waals surface area (Å²) in [6.07, 6.45) is 4.25. The van der Waals surface area contributed by atoms with Crippen molar-refractivity contribution in [2.75, 3.05) is 20.8 Å². The lowest BCUT2D eigenvalue weighted by Crippen LogP contribution is -2.26. The van der Waals surface area contributed by atoms with Crippen LogP contribution < -0.4 is 25.3 Å². The average molecular weight is 410 g/mol. The zero-order valence-corrected chi connectivity index (χ0v) is 17.3. The van der Waals surface area contributed by atoms with Crippen molar-refractivity contribution >= 4 is 5.91 Å². The minimum atomic E-state index is -0.207. The number of imidazole rings is 1. The maximum atomic E-state index is 12.6. The van der Waals surface area contributed by atoms with Gasteiger partial charge in [0.05, 0.1) is 19.8 Å². The Kier molecular flexibility index (Phi) is 6.92. The Morgan fingerprint density at radius 1 is 1.10 bits per heavy atom. The Labute approximate surface area is 175 Å². The summed E-state index contributed by atoms with van der Waals surface area (Å²) in [4.78, 5) is 16.9. The molecule has 0 bridgehead atoms. The van der Waals surface area contributed by atoms with Crippen LogP contribution in [0, 0.1) is 0 Å². The molecule has 3 N–H and O–H groups in total. The smallest absolute Gasteiger partial charge is 0.251 e. The lowest BCUT2D eigenvalue weighted by atomic mass is 10.1. The van der Waals surface area contributed by atoms with Gasteiger partial charge in [0.15, 0.2) is 11.5 Å². The molecule has 0 saturated heterocycles. The van der Waals surface area contributed by atoms with Crippen LogP contribution in [0.15, 0.2) is 48.8 Å². The molecule has 2 aromatic carbocycles. The molecular formula is C22H26N4O4. The third-order valence-corrected chi connectivity index (χ3v) is 4.71. The molecule has 0 fully saturated rings. The number of carbonyl (C=O) groups is 1. The van der Waals surface area contributed by atoms with Gasteiger partial charge in [-0.3, -0.25) is 4.79 Å². The number of aromatic nitrogens is 2. The number of carbonyl (C=O) groups excluding carboxylic acids is 1. The van der Waals surface area contributed by atoms with Gasteiger partial charge < -0.3 is 29.8 Å². The highest BCUT2D eigenvalue weighted by Crippen LogP contribution is 2.36. The van der Waals surface area contributed by atoms with E-state index in [0.29, 0.717) is 41.5 Å². The summed E-state index contributed by atoms with van der Waals surface area (Å²) in [7, 11) is 5.05. The molecule has 0 spiro atoms. The molecule has 0 aliphatic rings. The van der Waals surface area contributed by atoms with Crippen LogP contribution in [-0.4, -0.2) is 36.2 Å². The number of hydrogen-bond acceptors (Lipinski definition) is 6. The molecule has 3 aromatic rings. The van der Waals surface area contributed by atoms with E-state index in [1.54, 1.807) is 44.7 Å². The number of aryl methyl sites for hydroxylation is 1. The van der Waals surface area contributed by atoms with Gasteiger partial charge in [0.2, 0.25) is 0 Å². The molecule has 0 unspecified atom stereocenters. The van der Waals surface area contributed by atoms with Gasteiger partial charge in [-0.15, -0.1) is 0 Å². The Bertz CT molecular complexity index is 1020. The third-order valence-electron chi connectivity index (χ3n) is 4.71. The van der Waals surface area contributed by atoms with E-state index in [1.807, 2.05) is 29.9 Å². The molecule has 8 nitrogen and oxygen atoms in total. The third kappa shape index (κ3) is 4.72. The first-order chi connectivity index (χ1) is 14.6. The molecule has 0 radical (unpaired) electrons. The molecule has 0 saturated carbocycles. The average Bonchev–Trinajstić information content (AvgIpc) is 3.18. The Morgan fingerprint density at radius 3 is 2.53 bits per heavy atom. The number of hydrogen-bond donors (Lipinski definition) is 2. The number of ether oxygens (including phenoxy) is 3. The molecule has 0 atom stereocenters. The van der Waals surface area contributed by atoms with Crippen molar-refractivity contribution in [1.29, 1.82) is 0 Å². The first kappa shape index (κ1) is 21.2. The highest BCUT2D eigenvalue weighted by Gasteiger charge is 2.15. The van der Waals surface area contributed by atoms with Gasteiger partial charge in [-0.2, -0.15) is 0 Å². The molecule has 1 amide bonds. The van der Waals surface area contributed by atoms with E-state index >= 15 is 0 Å². The topological polar surface area (TPSA) is 101 Å². The second-order valence-corrected chi connectivity index (χ2v) is 6.57. The van der Waals surface area contributed by atoms with Gasteiger partial charge in [-0.05, 0) is 30.3 Å². The van der Waals surface area contributed by atoms with E-state index in [-0.39, 0.29) is 12.5 Å². The predicted molar refractivity (Wildman–Crippen MR) is 113 cm³/mol. The molecule has 0 aliphatic heterocycles. The van der Waals surface area contributed by atoms with Crippen LogP contribution in [0.25, 0.3) is 0 Å². The summed E-state index contributed by atoms with van der Waals surface area (Å²) in [5, 5.41) is 2.91.